The van der Waals surface area contributed by atoms with Gasteiger partial charge in [0.15, 0.2) is 0 Å². The number of aryl methyl sites for hydroxylation is 2. The Labute approximate surface area is 153 Å². The van der Waals surface area contributed by atoms with Crippen molar-refractivity contribution in [3.8, 4) is 0 Å². The van der Waals surface area contributed by atoms with Gasteiger partial charge in [0, 0.05) is 42.1 Å². The van der Waals surface area contributed by atoms with Gasteiger partial charge in [-0.15, -0.1) is 0 Å². The molecule has 3 aromatic rings. The highest BCUT2D eigenvalue weighted by Gasteiger charge is 2.22. The molecule has 1 fully saturated rings. The zero-order valence-electron chi connectivity index (χ0n) is 15.4. The Balaban J connectivity index is 1.57. The van der Waals surface area contributed by atoms with Gasteiger partial charge in [-0.3, -0.25) is 0 Å². The molecule has 1 saturated carbocycles. The van der Waals surface area contributed by atoms with E-state index in [1.807, 2.05) is 6.07 Å². The van der Waals surface area contributed by atoms with Crippen LogP contribution in [0, 0.1) is 6.92 Å². The molecular formula is C20H26N6. The molecule has 1 aliphatic carbocycles. The van der Waals surface area contributed by atoms with Gasteiger partial charge in [0.2, 0.25) is 5.95 Å². The summed E-state index contributed by atoms with van der Waals surface area (Å²) in [5, 5.41) is 8.05. The zero-order valence-corrected chi connectivity index (χ0v) is 15.4. The molecule has 4 rings (SSSR count). The van der Waals surface area contributed by atoms with Crippen LogP contribution in [-0.2, 0) is 7.05 Å². The number of nitrogens with two attached hydrogens (primary N) is 1. The second kappa shape index (κ2) is 6.96. The topological polar surface area (TPSA) is 80.8 Å². The van der Waals surface area contributed by atoms with E-state index in [4.69, 9.17) is 5.73 Å². The summed E-state index contributed by atoms with van der Waals surface area (Å²) < 4.78 is 2.19. The quantitative estimate of drug-likeness (QED) is 0.668. The van der Waals surface area contributed by atoms with Gasteiger partial charge in [-0.2, -0.15) is 4.98 Å². The fourth-order valence-corrected chi connectivity index (χ4v) is 3.74. The zero-order chi connectivity index (χ0) is 18.1. The second-order valence-corrected chi connectivity index (χ2v) is 7.17. The lowest BCUT2D eigenvalue weighted by atomic mass is 9.91. The lowest BCUT2D eigenvalue weighted by Crippen LogP contribution is -2.42. The first kappa shape index (κ1) is 16.8. The number of fused-ring (bicyclic) bond motifs is 1. The molecule has 0 amide bonds. The fraction of sp³-hybridized carbons (Fsp3) is 0.400. The Morgan fingerprint density at radius 3 is 2.88 bits per heavy atom. The van der Waals surface area contributed by atoms with Crippen molar-refractivity contribution in [2.45, 2.75) is 44.7 Å². The van der Waals surface area contributed by atoms with E-state index in [-0.39, 0.29) is 12.1 Å². The van der Waals surface area contributed by atoms with Crippen molar-refractivity contribution >= 4 is 28.4 Å². The third-order valence-corrected chi connectivity index (χ3v) is 5.38. The molecule has 2 atom stereocenters. The summed E-state index contributed by atoms with van der Waals surface area (Å²) in [6.07, 6.45) is 6.33. The molecule has 1 aromatic carbocycles. The van der Waals surface area contributed by atoms with Crippen LogP contribution >= 0.6 is 0 Å². The van der Waals surface area contributed by atoms with Gasteiger partial charge in [0.05, 0.1) is 5.52 Å². The standard InChI is InChI=1S/C20H26N6/c1-13-12-14-16(8-5-9-18(14)26(13)2)23-19-10-11-22-20(25-19)24-17-7-4-3-6-15(17)21/h5,8-12,15,17H,3-4,6-7,21H2,1-2H3,(H2,22,23,24,25)/t15-,17+/m0/s1. The smallest absolute Gasteiger partial charge is 0.224 e. The van der Waals surface area contributed by atoms with Gasteiger partial charge < -0.3 is 20.9 Å². The Morgan fingerprint density at radius 1 is 1.19 bits per heavy atom. The van der Waals surface area contributed by atoms with Crippen molar-refractivity contribution in [3.63, 3.8) is 0 Å². The van der Waals surface area contributed by atoms with Crippen LogP contribution < -0.4 is 16.4 Å². The van der Waals surface area contributed by atoms with Crippen molar-refractivity contribution in [2.24, 2.45) is 12.8 Å². The normalized spacial score (nSPS) is 20.3. The molecule has 0 spiro atoms. The summed E-state index contributed by atoms with van der Waals surface area (Å²) >= 11 is 0. The predicted molar refractivity (Wildman–Crippen MR) is 107 cm³/mol. The van der Waals surface area contributed by atoms with Gasteiger partial charge in [-0.25, -0.2) is 4.98 Å². The minimum absolute atomic E-state index is 0.171. The minimum atomic E-state index is 0.171. The maximum Gasteiger partial charge on any atom is 0.224 e. The van der Waals surface area contributed by atoms with Crippen LogP contribution in [0.1, 0.15) is 31.4 Å². The van der Waals surface area contributed by atoms with Crippen LogP contribution in [0.25, 0.3) is 10.9 Å². The highest BCUT2D eigenvalue weighted by molar-refractivity contribution is 5.94. The predicted octanol–water partition coefficient (Wildman–Crippen LogP) is 3.70. The number of benzene rings is 1. The molecule has 0 aliphatic heterocycles. The molecule has 0 unspecified atom stereocenters. The monoisotopic (exact) mass is 350 g/mol. The molecule has 0 saturated heterocycles. The van der Waals surface area contributed by atoms with Crippen LogP contribution in [-0.4, -0.2) is 26.6 Å². The first-order valence-electron chi connectivity index (χ1n) is 9.29. The third-order valence-electron chi connectivity index (χ3n) is 5.38. The number of hydrogen-bond donors (Lipinski definition) is 3. The summed E-state index contributed by atoms with van der Waals surface area (Å²) in [4.78, 5) is 9.01. The third kappa shape index (κ3) is 3.24. The Morgan fingerprint density at radius 2 is 2.04 bits per heavy atom. The number of nitrogens with zero attached hydrogens (tertiary/aromatic N) is 3. The van der Waals surface area contributed by atoms with E-state index in [9.17, 15) is 0 Å². The number of hydrogen-bond acceptors (Lipinski definition) is 5. The maximum atomic E-state index is 6.23. The van der Waals surface area contributed by atoms with Crippen LogP contribution in [0.15, 0.2) is 36.5 Å². The van der Waals surface area contributed by atoms with Gasteiger partial charge in [-0.05, 0) is 44.0 Å². The number of aromatic nitrogens is 3. The van der Waals surface area contributed by atoms with Crippen molar-refractivity contribution < 1.29 is 0 Å². The minimum Gasteiger partial charge on any atom is -0.350 e. The molecule has 4 N–H and O–H groups in total. The molecule has 6 heteroatoms. The fourth-order valence-electron chi connectivity index (χ4n) is 3.74. The van der Waals surface area contributed by atoms with Gasteiger partial charge in [-0.1, -0.05) is 18.9 Å². The van der Waals surface area contributed by atoms with Crippen molar-refractivity contribution in [1.82, 2.24) is 14.5 Å². The Hall–Kier alpha value is -2.60. The van der Waals surface area contributed by atoms with Crippen molar-refractivity contribution in [2.75, 3.05) is 10.6 Å². The second-order valence-electron chi connectivity index (χ2n) is 7.17. The molecule has 0 radical (unpaired) electrons. The summed E-state index contributed by atoms with van der Waals surface area (Å²) in [5.74, 6) is 1.41. The number of rotatable bonds is 4. The molecule has 6 nitrogen and oxygen atoms in total. The number of nitrogens with one attached hydrogen (secondary N) is 2. The summed E-state index contributed by atoms with van der Waals surface area (Å²) in [7, 11) is 2.08. The van der Waals surface area contributed by atoms with Crippen LogP contribution in [0.4, 0.5) is 17.5 Å². The number of anilines is 3. The largest absolute Gasteiger partial charge is 0.350 e. The molecule has 2 heterocycles. The highest BCUT2D eigenvalue weighted by Crippen LogP contribution is 2.28. The van der Waals surface area contributed by atoms with Gasteiger partial charge in [0.1, 0.15) is 5.82 Å². The summed E-state index contributed by atoms with van der Waals surface area (Å²) in [6, 6.07) is 10.8. The molecular weight excluding hydrogens is 324 g/mol. The van der Waals surface area contributed by atoms with E-state index >= 15 is 0 Å². The van der Waals surface area contributed by atoms with Gasteiger partial charge in [0.25, 0.3) is 0 Å². The van der Waals surface area contributed by atoms with Crippen LogP contribution in [0.5, 0.6) is 0 Å². The SMILES string of the molecule is Cc1cc2c(Nc3ccnc(N[C@@H]4CCCC[C@@H]4N)n3)cccc2n1C. The molecule has 26 heavy (non-hydrogen) atoms. The van der Waals surface area contributed by atoms with E-state index in [0.29, 0.717) is 5.95 Å². The van der Waals surface area contributed by atoms with E-state index in [2.05, 4.69) is 63.4 Å². The first-order valence-corrected chi connectivity index (χ1v) is 9.29. The first-order chi connectivity index (χ1) is 12.6. The molecule has 136 valence electrons. The van der Waals surface area contributed by atoms with E-state index in [1.165, 1.54) is 29.4 Å². The van der Waals surface area contributed by atoms with Crippen LogP contribution in [0.2, 0.25) is 0 Å². The summed E-state index contributed by atoms with van der Waals surface area (Å²) in [5.41, 5.74) is 9.71. The lowest BCUT2D eigenvalue weighted by Gasteiger charge is -2.29. The van der Waals surface area contributed by atoms with Crippen molar-refractivity contribution in [1.29, 1.82) is 0 Å². The maximum absolute atomic E-state index is 6.23. The van der Waals surface area contributed by atoms with Crippen LogP contribution in [0.3, 0.4) is 0 Å². The lowest BCUT2D eigenvalue weighted by molar-refractivity contribution is 0.402. The van der Waals surface area contributed by atoms with E-state index < -0.39 is 0 Å². The summed E-state index contributed by atoms with van der Waals surface area (Å²) in [6.45, 7) is 2.11. The molecule has 2 aromatic heterocycles. The Bertz CT molecular complexity index is 916. The average molecular weight is 350 g/mol. The van der Waals surface area contributed by atoms with Gasteiger partial charge >= 0.3 is 0 Å². The molecule has 0 bridgehead atoms. The van der Waals surface area contributed by atoms with E-state index in [0.717, 1.165) is 24.3 Å². The highest BCUT2D eigenvalue weighted by atomic mass is 15.2. The Kier molecular flexibility index (Phi) is 4.51. The average Bonchev–Trinajstić information content (AvgIpc) is 2.93. The van der Waals surface area contributed by atoms with E-state index in [1.54, 1.807) is 6.20 Å². The molecule has 1 aliphatic rings. The van der Waals surface area contributed by atoms with Crippen molar-refractivity contribution in [3.05, 3.63) is 42.2 Å².